The minimum absolute atomic E-state index is 0.0932. The van der Waals surface area contributed by atoms with E-state index in [4.69, 9.17) is 9.47 Å². The fourth-order valence-corrected chi connectivity index (χ4v) is 4.38. The smallest absolute Gasteiger partial charge is 0.331 e. The molecular weight excluding hydrogens is 418 g/mol. The number of fused-ring (bicyclic) bond motifs is 3. The lowest BCUT2D eigenvalue weighted by Crippen LogP contribution is -2.48. The normalized spacial score (nSPS) is 18.2. The molecule has 1 aliphatic heterocycles. The third kappa shape index (κ3) is 3.79. The van der Waals surface area contributed by atoms with Crippen LogP contribution in [0.2, 0.25) is 0 Å². The van der Waals surface area contributed by atoms with E-state index in [9.17, 15) is 4.79 Å². The van der Waals surface area contributed by atoms with Crippen LogP contribution in [0.25, 0.3) is 33.1 Å². The van der Waals surface area contributed by atoms with Gasteiger partial charge in [-0.2, -0.15) is 0 Å². The van der Waals surface area contributed by atoms with Crippen LogP contribution in [-0.2, 0) is 17.5 Å². The van der Waals surface area contributed by atoms with Crippen LogP contribution in [0.15, 0.2) is 47.5 Å². The standard InChI is InChI=1S/C25H29N5O3/c1-25(10-13-33-25)30-23-19-14-17(6-8-20(19)26-16-21(23)29(4)24(30)31)18-7-9-22(27-15-18)32-12-5-11-28(2)3/h6-9,14-16H,5,10-13H2,1-4H3. The minimum atomic E-state index is -0.631. The van der Waals surface area contributed by atoms with E-state index in [0.29, 0.717) is 19.1 Å². The van der Waals surface area contributed by atoms with Crippen LogP contribution >= 0.6 is 0 Å². The maximum absolute atomic E-state index is 13.1. The first-order valence-electron chi connectivity index (χ1n) is 11.3. The summed E-state index contributed by atoms with van der Waals surface area (Å²) in [6.07, 6.45) is 5.34. The van der Waals surface area contributed by atoms with E-state index in [2.05, 4.69) is 20.9 Å². The fraction of sp³-hybridized carbons (Fsp3) is 0.400. The maximum Gasteiger partial charge on any atom is 0.331 e. The number of benzene rings is 1. The molecule has 8 heteroatoms. The Hall–Kier alpha value is -3.23. The molecule has 0 spiro atoms. The molecule has 0 N–H and O–H groups in total. The number of pyridine rings is 2. The van der Waals surface area contributed by atoms with Gasteiger partial charge in [0.2, 0.25) is 5.88 Å². The Morgan fingerprint density at radius 3 is 2.61 bits per heavy atom. The summed E-state index contributed by atoms with van der Waals surface area (Å²) < 4.78 is 15.0. The second-order valence-corrected chi connectivity index (χ2v) is 9.06. The molecule has 0 aliphatic carbocycles. The number of rotatable bonds is 7. The van der Waals surface area contributed by atoms with E-state index in [0.717, 1.165) is 52.4 Å². The average molecular weight is 448 g/mol. The summed E-state index contributed by atoms with van der Waals surface area (Å²) >= 11 is 0. The van der Waals surface area contributed by atoms with E-state index in [-0.39, 0.29) is 5.69 Å². The number of aromatic nitrogens is 4. The largest absolute Gasteiger partial charge is 0.478 e. The topological polar surface area (TPSA) is 74.4 Å². The first kappa shape index (κ1) is 21.6. The lowest BCUT2D eigenvalue weighted by atomic mass is 10.0. The van der Waals surface area contributed by atoms with Gasteiger partial charge < -0.3 is 14.4 Å². The van der Waals surface area contributed by atoms with Crippen molar-refractivity contribution in [1.29, 1.82) is 0 Å². The van der Waals surface area contributed by atoms with Crippen molar-refractivity contribution in [3.8, 4) is 17.0 Å². The number of hydrogen-bond donors (Lipinski definition) is 0. The molecule has 1 fully saturated rings. The second kappa shape index (κ2) is 8.28. The molecule has 8 nitrogen and oxygen atoms in total. The van der Waals surface area contributed by atoms with Gasteiger partial charge >= 0.3 is 5.69 Å². The van der Waals surface area contributed by atoms with Crippen LogP contribution in [0.4, 0.5) is 0 Å². The van der Waals surface area contributed by atoms with Crippen LogP contribution in [0, 0.1) is 0 Å². The highest BCUT2D eigenvalue weighted by Gasteiger charge is 2.39. The predicted octanol–water partition coefficient (Wildman–Crippen LogP) is 3.37. The SMILES string of the molecule is CN(C)CCCOc1ccc(-c2ccc3ncc4c(c3c2)n(C2(C)CCO2)c(=O)n4C)cn1. The molecular formula is C25H29N5O3. The number of nitrogens with zero attached hydrogens (tertiary/aromatic N) is 5. The van der Waals surface area contributed by atoms with Crippen molar-refractivity contribution in [2.24, 2.45) is 7.05 Å². The Labute approximate surface area is 192 Å². The van der Waals surface area contributed by atoms with E-state index in [1.807, 2.05) is 51.5 Å². The van der Waals surface area contributed by atoms with Crippen molar-refractivity contribution in [3.05, 3.63) is 53.2 Å². The van der Waals surface area contributed by atoms with Gasteiger partial charge in [0.05, 0.1) is 36.0 Å². The highest BCUT2D eigenvalue weighted by molar-refractivity contribution is 6.04. The van der Waals surface area contributed by atoms with E-state index in [1.54, 1.807) is 22.4 Å². The van der Waals surface area contributed by atoms with Crippen molar-refractivity contribution in [3.63, 3.8) is 0 Å². The monoisotopic (exact) mass is 447 g/mol. The molecule has 3 aromatic heterocycles. The van der Waals surface area contributed by atoms with Gasteiger partial charge in [0.15, 0.2) is 0 Å². The Morgan fingerprint density at radius 1 is 1.15 bits per heavy atom. The highest BCUT2D eigenvalue weighted by atomic mass is 16.5. The molecule has 0 saturated carbocycles. The summed E-state index contributed by atoms with van der Waals surface area (Å²) in [5.41, 5.74) is 3.74. The molecule has 0 radical (unpaired) electrons. The van der Waals surface area contributed by atoms with Crippen LogP contribution in [-0.4, -0.2) is 57.9 Å². The van der Waals surface area contributed by atoms with Crippen LogP contribution < -0.4 is 10.4 Å². The summed E-state index contributed by atoms with van der Waals surface area (Å²) in [6, 6.07) is 10.0. The fourth-order valence-electron chi connectivity index (χ4n) is 4.38. The molecule has 0 bridgehead atoms. The highest BCUT2D eigenvalue weighted by Crippen LogP contribution is 2.36. The number of aryl methyl sites for hydroxylation is 1. The molecule has 0 amide bonds. The van der Waals surface area contributed by atoms with Crippen LogP contribution in [0.3, 0.4) is 0 Å². The summed E-state index contributed by atoms with van der Waals surface area (Å²) in [6.45, 7) is 4.24. The Kier molecular flexibility index (Phi) is 5.42. The van der Waals surface area contributed by atoms with E-state index >= 15 is 0 Å². The van der Waals surface area contributed by atoms with Gasteiger partial charge in [0.25, 0.3) is 0 Å². The molecule has 172 valence electrons. The predicted molar refractivity (Wildman–Crippen MR) is 129 cm³/mol. The zero-order valence-corrected chi connectivity index (χ0v) is 19.5. The molecule has 1 aliphatic rings. The summed E-state index contributed by atoms with van der Waals surface area (Å²) in [4.78, 5) is 24.3. The molecule has 5 rings (SSSR count). The summed E-state index contributed by atoms with van der Waals surface area (Å²) in [5, 5.41) is 0.920. The minimum Gasteiger partial charge on any atom is -0.478 e. The van der Waals surface area contributed by atoms with Gasteiger partial charge in [-0.15, -0.1) is 0 Å². The molecule has 33 heavy (non-hydrogen) atoms. The lowest BCUT2D eigenvalue weighted by molar-refractivity contribution is -0.190. The zero-order chi connectivity index (χ0) is 23.2. The van der Waals surface area contributed by atoms with E-state index in [1.165, 1.54) is 0 Å². The van der Waals surface area contributed by atoms with Gasteiger partial charge in [0, 0.05) is 43.2 Å². The van der Waals surface area contributed by atoms with Crippen molar-refractivity contribution >= 4 is 21.9 Å². The summed E-state index contributed by atoms with van der Waals surface area (Å²) in [7, 11) is 5.88. The zero-order valence-electron chi connectivity index (χ0n) is 19.5. The third-order valence-electron chi connectivity index (χ3n) is 6.40. The maximum atomic E-state index is 13.1. The molecule has 1 saturated heterocycles. The van der Waals surface area contributed by atoms with Gasteiger partial charge in [-0.3, -0.25) is 14.1 Å². The quantitative estimate of drug-likeness (QED) is 0.405. The second-order valence-electron chi connectivity index (χ2n) is 9.06. The van der Waals surface area contributed by atoms with Gasteiger partial charge in [-0.25, -0.2) is 9.78 Å². The Morgan fingerprint density at radius 2 is 1.94 bits per heavy atom. The Balaban J connectivity index is 1.52. The van der Waals surface area contributed by atoms with E-state index < -0.39 is 5.72 Å². The first-order chi connectivity index (χ1) is 15.9. The number of hydrogen-bond acceptors (Lipinski definition) is 6. The molecule has 1 aromatic carbocycles. The van der Waals surface area contributed by atoms with Gasteiger partial charge in [0.1, 0.15) is 5.72 Å². The van der Waals surface area contributed by atoms with Crippen molar-refractivity contribution in [1.82, 2.24) is 24.0 Å². The van der Waals surface area contributed by atoms with Gasteiger partial charge in [-0.1, -0.05) is 6.07 Å². The molecule has 4 aromatic rings. The van der Waals surface area contributed by atoms with Gasteiger partial charge in [-0.05, 0) is 51.2 Å². The third-order valence-corrected chi connectivity index (χ3v) is 6.40. The van der Waals surface area contributed by atoms with Crippen molar-refractivity contribution in [2.45, 2.75) is 25.5 Å². The van der Waals surface area contributed by atoms with Crippen LogP contribution in [0.5, 0.6) is 5.88 Å². The molecule has 4 heterocycles. The lowest BCUT2D eigenvalue weighted by Gasteiger charge is -2.39. The van der Waals surface area contributed by atoms with Crippen LogP contribution in [0.1, 0.15) is 19.8 Å². The first-order valence-corrected chi connectivity index (χ1v) is 11.3. The van der Waals surface area contributed by atoms with Crippen molar-refractivity contribution < 1.29 is 9.47 Å². The number of imidazole rings is 1. The Bertz CT molecular complexity index is 1370. The van der Waals surface area contributed by atoms with Crippen molar-refractivity contribution in [2.75, 3.05) is 33.9 Å². The molecule has 1 unspecified atom stereocenters. The molecule has 1 atom stereocenters. The number of ether oxygens (including phenoxy) is 2. The summed E-state index contributed by atoms with van der Waals surface area (Å²) in [5.74, 6) is 0.620. The average Bonchev–Trinajstić information content (AvgIpc) is 3.06.